The van der Waals surface area contributed by atoms with Crippen molar-refractivity contribution in [1.82, 2.24) is 14.7 Å². The average molecular weight is 392 g/mol. The van der Waals surface area contributed by atoms with Crippen molar-refractivity contribution in [3.8, 4) is 11.4 Å². The Morgan fingerprint density at radius 1 is 1.14 bits per heavy atom. The number of amides is 2. The van der Waals surface area contributed by atoms with Gasteiger partial charge in [-0.15, -0.1) is 0 Å². The minimum absolute atomic E-state index is 0.0145. The minimum Gasteiger partial charge on any atom is -0.497 e. The first-order valence-electron chi connectivity index (χ1n) is 9.39. The predicted molar refractivity (Wildman–Crippen MR) is 111 cm³/mol. The molecule has 29 heavy (non-hydrogen) atoms. The summed E-state index contributed by atoms with van der Waals surface area (Å²) < 4.78 is 6.88. The number of carbonyl (C=O) groups is 2. The van der Waals surface area contributed by atoms with Crippen LogP contribution in [0.2, 0.25) is 0 Å². The molecule has 2 aromatic carbocycles. The number of rotatable bonds is 8. The van der Waals surface area contributed by atoms with E-state index in [0.29, 0.717) is 18.0 Å². The van der Waals surface area contributed by atoms with E-state index in [0.717, 1.165) is 11.3 Å². The second-order valence-corrected chi connectivity index (χ2v) is 6.49. The van der Waals surface area contributed by atoms with Crippen LogP contribution in [-0.2, 0) is 16.0 Å². The lowest BCUT2D eigenvalue weighted by Gasteiger charge is -2.20. The number of nitrogens with one attached hydrogen (secondary N) is 1. The van der Waals surface area contributed by atoms with E-state index in [4.69, 9.17) is 4.74 Å². The highest BCUT2D eigenvalue weighted by molar-refractivity contribution is 5.94. The lowest BCUT2D eigenvalue weighted by atomic mass is 10.2. The molecule has 0 saturated carbocycles. The maximum atomic E-state index is 12.7. The third-order valence-electron chi connectivity index (χ3n) is 4.43. The Balaban J connectivity index is 1.58. The van der Waals surface area contributed by atoms with Crippen LogP contribution in [0.5, 0.6) is 5.75 Å². The molecule has 150 valence electrons. The van der Waals surface area contributed by atoms with Crippen molar-refractivity contribution >= 4 is 17.5 Å². The molecular weight excluding hydrogens is 368 g/mol. The number of methoxy groups -OCH3 is 1. The van der Waals surface area contributed by atoms with E-state index in [1.807, 2.05) is 43.5 Å². The minimum atomic E-state index is -0.256. The third-order valence-corrected chi connectivity index (χ3v) is 4.43. The van der Waals surface area contributed by atoms with Crippen molar-refractivity contribution in [3.63, 3.8) is 0 Å². The van der Waals surface area contributed by atoms with Crippen LogP contribution in [0.25, 0.3) is 5.69 Å². The van der Waals surface area contributed by atoms with Gasteiger partial charge in [0.05, 0.1) is 32.0 Å². The normalized spacial score (nSPS) is 10.4. The zero-order valence-corrected chi connectivity index (χ0v) is 16.5. The zero-order chi connectivity index (χ0) is 20.6. The molecule has 0 atom stereocenters. The first-order chi connectivity index (χ1) is 14.1. The molecule has 7 heteroatoms. The SMILES string of the molecule is CCN(CC(=O)Nc1cccc(OC)c1)C(=O)Cc1cnn(-c2ccccc2)c1. The van der Waals surface area contributed by atoms with Crippen molar-refractivity contribution in [2.24, 2.45) is 0 Å². The largest absolute Gasteiger partial charge is 0.497 e. The van der Waals surface area contributed by atoms with Crippen LogP contribution in [-0.4, -0.2) is 46.7 Å². The highest BCUT2D eigenvalue weighted by Crippen LogP contribution is 2.16. The molecule has 0 aliphatic heterocycles. The molecule has 0 radical (unpaired) electrons. The van der Waals surface area contributed by atoms with Crippen LogP contribution in [0, 0.1) is 0 Å². The van der Waals surface area contributed by atoms with Crippen LogP contribution in [0.3, 0.4) is 0 Å². The van der Waals surface area contributed by atoms with E-state index in [1.54, 1.807) is 42.3 Å². The highest BCUT2D eigenvalue weighted by Gasteiger charge is 2.17. The van der Waals surface area contributed by atoms with Gasteiger partial charge < -0.3 is 15.0 Å². The molecule has 1 N–H and O–H groups in total. The van der Waals surface area contributed by atoms with Crippen LogP contribution >= 0.6 is 0 Å². The van der Waals surface area contributed by atoms with Crippen LogP contribution in [0.4, 0.5) is 5.69 Å². The number of likely N-dealkylation sites (N-methyl/N-ethyl adjacent to an activating group) is 1. The van der Waals surface area contributed by atoms with Crippen molar-refractivity contribution in [2.75, 3.05) is 25.5 Å². The summed E-state index contributed by atoms with van der Waals surface area (Å²) in [5, 5.41) is 7.11. The van der Waals surface area contributed by atoms with Gasteiger partial charge in [-0.2, -0.15) is 5.10 Å². The van der Waals surface area contributed by atoms with Crippen molar-refractivity contribution < 1.29 is 14.3 Å². The molecule has 0 spiro atoms. The average Bonchev–Trinajstić information content (AvgIpc) is 3.21. The number of para-hydroxylation sites is 1. The fourth-order valence-corrected chi connectivity index (χ4v) is 2.91. The smallest absolute Gasteiger partial charge is 0.243 e. The van der Waals surface area contributed by atoms with E-state index in [1.165, 1.54) is 4.90 Å². The molecule has 1 heterocycles. The topological polar surface area (TPSA) is 76.5 Å². The van der Waals surface area contributed by atoms with E-state index < -0.39 is 0 Å². The summed E-state index contributed by atoms with van der Waals surface area (Å²) in [5.74, 6) is 0.274. The number of benzene rings is 2. The first-order valence-corrected chi connectivity index (χ1v) is 9.39. The standard InChI is InChI=1S/C22H24N4O3/c1-3-25(16-21(27)24-18-8-7-11-20(13-18)29-2)22(28)12-17-14-23-26(15-17)19-9-5-4-6-10-19/h4-11,13-15H,3,12,16H2,1-2H3,(H,24,27). The van der Waals surface area contributed by atoms with Gasteiger partial charge in [-0.25, -0.2) is 4.68 Å². The number of carbonyl (C=O) groups excluding carboxylic acids is 2. The monoisotopic (exact) mass is 392 g/mol. The Labute approximate surface area is 169 Å². The van der Waals surface area contributed by atoms with Gasteiger partial charge >= 0.3 is 0 Å². The van der Waals surface area contributed by atoms with Gasteiger partial charge in [0.15, 0.2) is 0 Å². The molecule has 3 aromatic rings. The Bertz CT molecular complexity index is 969. The molecule has 3 rings (SSSR count). The summed E-state index contributed by atoms with van der Waals surface area (Å²) in [5.41, 5.74) is 2.35. The second kappa shape index (κ2) is 9.54. The molecule has 1 aromatic heterocycles. The highest BCUT2D eigenvalue weighted by atomic mass is 16.5. The molecule has 0 aliphatic rings. The van der Waals surface area contributed by atoms with Gasteiger partial charge in [0.25, 0.3) is 0 Å². The predicted octanol–water partition coefficient (Wildman–Crippen LogP) is 2.91. The van der Waals surface area contributed by atoms with Crippen LogP contribution < -0.4 is 10.1 Å². The summed E-state index contributed by atoms with van der Waals surface area (Å²) in [4.78, 5) is 26.6. The Morgan fingerprint density at radius 2 is 1.93 bits per heavy atom. The Kier molecular flexibility index (Phi) is 6.63. The molecule has 7 nitrogen and oxygen atoms in total. The number of nitrogens with zero attached hydrogens (tertiary/aromatic N) is 3. The summed E-state index contributed by atoms with van der Waals surface area (Å²) in [6, 6.07) is 16.8. The van der Waals surface area contributed by atoms with Gasteiger partial charge in [-0.05, 0) is 36.8 Å². The summed E-state index contributed by atoms with van der Waals surface area (Å²) >= 11 is 0. The summed E-state index contributed by atoms with van der Waals surface area (Å²) in [6.07, 6.45) is 3.69. The van der Waals surface area contributed by atoms with E-state index in [9.17, 15) is 9.59 Å². The maximum Gasteiger partial charge on any atom is 0.243 e. The van der Waals surface area contributed by atoms with Gasteiger partial charge in [0, 0.05) is 24.5 Å². The number of anilines is 1. The van der Waals surface area contributed by atoms with Crippen LogP contribution in [0.1, 0.15) is 12.5 Å². The number of hydrogen-bond acceptors (Lipinski definition) is 4. The molecule has 0 bridgehead atoms. The van der Waals surface area contributed by atoms with Crippen molar-refractivity contribution in [3.05, 3.63) is 72.6 Å². The lowest BCUT2D eigenvalue weighted by molar-refractivity contribution is -0.133. The summed E-state index contributed by atoms with van der Waals surface area (Å²) in [7, 11) is 1.57. The van der Waals surface area contributed by atoms with E-state index >= 15 is 0 Å². The molecule has 0 fully saturated rings. The number of hydrogen-bond donors (Lipinski definition) is 1. The fraction of sp³-hybridized carbons (Fsp3) is 0.227. The van der Waals surface area contributed by atoms with E-state index in [2.05, 4.69) is 10.4 Å². The molecule has 2 amide bonds. The third kappa shape index (κ3) is 5.44. The van der Waals surface area contributed by atoms with Gasteiger partial charge in [0.1, 0.15) is 5.75 Å². The Morgan fingerprint density at radius 3 is 2.66 bits per heavy atom. The van der Waals surface area contributed by atoms with Gasteiger partial charge in [-0.3, -0.25) is 9.59 Å². The molecule has 0 saturated heterocycles. The van der Waals surface area contributed by atoms with Crippen molar-refractivity contribution in [1.29, 1.82) is 0 Å². The quantitative estimate of drug-likeness (QED) is 0.640. The molecular formula is C22H24N4O3. The number of ether oxygens (including phenoxy) is 1. The van der Waals surface area contributed by atoms with Gasteiger partial charge in [-0.1, -0.05) is 24.3 Å². The maximum absolute atomic E-state index is 12.7. The van der Waals surface area contributed by atoms with Crippen LogP contribution in [0.15, 0.2) is 67.0 Å². The first kappa shape index (κ1) is 20.1. The lowest BCUT2D eigenvalue weighted by Crippen LogP contribution is -2.38. The number of aromatic nitrogens is 2. The molecule has 0 unspecified atom stereocenters. The van der Waals surface area contributed by atoms with E-state index in [-0.39, 0.29) is 24.8 Å². The second-order valence-electron chi connectivity index (χ2n) is 6.49. The van der Waals surface area contributed by atoms with Crippen molar-refractivity contribution in [2.45, 2.75) is 13.3 Å². The Hall–Kier alpha value is -3.61. The summed E-state index contributed by atoms with van der Waals surface area (Å²) in [6.45, 7) is 2.28. The zero-order valence-electron chi connectivity index (χ0n) is 16.5. The fourth-order valence-electron chi connectivity index (χ4n) is 2.91. The molecule has 0 aliphatic carbocycles. The van der Waals surface area contributed by atoms with Gasteiger partial charge in [0.2, 0.25) is 11.8 Å².